The van der Waals surface area contributed by atoms with Crippen molar-refractivity contribution in [2.24, 2.45) is 5.73 Å². The number of rotatable bonds is 3. The first-order valence-electron chi connectivity index (χ1n) is 3.46. The van der Waals surface area contributed by atoms with Gasteiger partial charge in [-0.15, -0.1) is 0 Å². The Bertz CT molecular complexity index is 453. The molecule has 0 aliphatic rings. The molecule has 0 aliphatic carbocycles. The molecule has 0 atom stereocenters. The van der Waals surface area contributed by atoms with Crippen molar-refractivity contribution in [1.29, 1.82) is 0 Å². The number of hydrogen-bond donors (Lipinski definition) is 2. The molecule has 0 saturated heterocycles. The minimum absolute atomic E-state index is 0.120. The highest BCUT2D eigenvalue weighted by Gasteiger charge is 2.13. The average Bonchev–Trinajstić information content (AvgIpc) is 2.01. The molecule has 6 nitrogen and oxygen atoms in total. The zero-order chi connectivity index (χ0) is 10.8. The van der Waals surface area contributed by atoms with Crippen molar-refractivity contribution in [2.75, 3.05) is 0 Å². The molecule has 3 N–H and O–H groups in total. The molecule has 1 aromatic carbocycles. The van der Waals surface area contributed by atoms with Crippen LogP contribution in [-0.4, -0.2) is 18.9 Å². The van der Waals surface area contributed by atoms with E-state index in [1.807, 2.05) is 0 Å². The fraction of sp³-hybridized carbons (Fsp3) is 0. The molecule has 1 aromatic rings. The first-order valence-corrected chi connectivity index (χ1v) is 4.82. The second kappa shape index (κ2) is 3.64. The van der Waals surface area contributed by atoms with Crippen LogP contribution in [0.25, 0.3) is 0 Å². The molecule has 0 saturated carbocycles. The van der Waals surface area contributed by atoms with Crippen molar-refractivity contribution in [3.05, 3.63) is 29.8 Å². The lowest BCUT2D eigenvalue weighted by Crippen LogP contribution is -2.15. The van der Waals surface area contributed by atoms with Gasteiger partial charge < -0.3 is 9.92 Å². The van der Waals surface area contributed by atoms with E-state index in [0.29, 0.717) is 0 Å². The van der Waals surface area contributed by atoms with Crippen LogP contribution in [0, 0.1) is 0 Å². The van der Waals surface area contributed by atoms with Gasteiger partial charge in [-0.05, 0) is 12.1 Å². The van der Waals surface area contributed by atoms with Gasteiger partial charge in [0.1, 0.15) is 0 Å². The Morgan fingerprint density at radius 3 is 2.43 bits per heavy atom. The number of para-hydroxylation sites is 1. The Morgan fingerprint density at radius 2 is 1.93 bits per heavy atom. The smallest absolute Gasteiger partial charge is 0.365 e. The van der Waals surface area contributed by atoms with Crippen molar-refractivity contribution in [3.63, 3.8) is 0 Å². The SMILES string of the molecule is NC(=O)c1ccccc1OS(=O)(=O)O. The van der Waals surface area contributed by atoms with E-state index in [-0.39, 0.29) is 11.3 Å². The van der Waals surface area contributed by atoms with Crippen LogP contribution >= 0.6 is 0 Å². The number of carbonyl (C=O) groups excluding carboxylic acids is 1. The van der Waals surface area contributed by atoms with Gasteiger partial charge in [0, 0.05) is 0 Å². The number of hydrogen-bond acceptors (Lipinski definition) is 4. The van der Waals surface area contributed by atoms with E-state index in [1.54, 1.807) is 0 Å². The maximum absolute atomic E-state index is 10.8. The predicted molar refractivity (Wildman–Crippen MR) is 47.1 cm³/mol. The van der Waals surface area contributed by atoms with Crippen molar-refractivity contribution >= 4 is 16.3 Å². The molecule has 0 heterocycles. The summed E-state index contributed by atoms with van der Waals surface area (Å²) in [6.07, 6.45) is 0. The van der Waals surface area contributed by atoms with E-state index in [2.05, 4.69) is 4.18 Å². The summed E-state index contributed by atoms with van der Waals surface area (Å²) in [4.78, 5) is 10.8. The largest absolute Gasteiger partial charge is 0.446 e. The maximum atomic E-state index is 10.8. The number of amides is 1. The number of primary amides is 1. The highest BCUT2D eigenvalue weighted by atomic mass is 32.3. The lowest BCUT2D eigenvalue weighted by molar-refractivity contribution is 0.0999. The summed E-state index contributed by atoms with van der Waals surface area (Å²) in [5, 5.41) is 0. The summed E-state index contributed by atoms with van der Waals surface area (Å²) in [6, 6.07) is 5.40. The maximum Gasteiger partial charge on any atom is 0.446 e. The molecule has 0 bridgehead atoms. The van der Waals surface area contributed by atoms with Crippen LogP contribution in [0.1, 0.15) is 10.4 Å². The standard InChI is InChI=1S/C7H7NO5S/c8-7(9)5-3-1-2-4-6(5)13-14(10,11)12/h1-4H,(H2,8,9)(H,10,11,12). The second-order valence-corrected chi connectivity index (χ2v) is 3.39. The monoisotopic (exact) mass is 217 g/mol. The molecule has 1 rings (SSSR count). The molecule has 7 heteroatoms. The quantitative estimate of drug-likeness (QED) is 0.691. The minimum Gasteiger partial charge on any atom is -0.365 e. The third kappa shape index (κ3) is 2.71. The third-order valence-corrected chi connectivity index (χ3v) is 1.74. The van der Waals surface area contributed by atoms with Gasteiger partial charge in [-0.3, -0.25) is 9.35 Å². The van der Waals surface area contributed by atoms with Crippen molar-refractivity contribution < 1.29 is 21.9 Å². The van der Waals surface area contributed by atoms with Crippen molar-refractivity contribution in [2.45, 2.75) is 0 Å². The molecular weight excluding hydrogens is 210 g/mol. The van der Waals surface area contributed by atoms with Crippen LogP contribution in [0.4, 0.5) is 0 Å². The summed E-state index contributed by atoms with van der Waals surface area (Å²) in [7, 11) is -4.64. The van der Waals surface area contributed by atoms with Crippen LogP contribution in [-0.2, 0) is 10.4 Å². The van der Waals surface area contributed by atoms with Crippen molar-refractivity contribution in [1.82, 2.24) is 0 Å². The van der Waals surface area contributed by atoms with E-state index >= 15 is 0 Å². The first kappa shape index (κ1) is 10.5. The molecule has 0 unspecified atom stereocenters. The molecule has 0 fully saturated rings. The van der Waals surface area contributed by atoms with E-state index in [0.717, 1.165) is 0 Å². The van der Waals surface area contributed by atoms with Gasteiger partial charge in [-0.25, -0.2) is 0 Å². The number of carbonyl (C=O) groups is 1. The van der Waals surface area contributed by atoms with Crippen LogP contribution < -0.4 is 9.92 Å². The topological polar surface area (TPSA) is 107 Å². The summed E-state index contributed by atoms with van der Waals surface area (Å²) >= 11 is 0. The summed E-state index contributed by atoms with van der Waals surface area (Å²) in [5.41, 5.74) is 4.82. The van der Waals surface area contributed by atoms with Gasteiger partial charge in [0.2, 0.25) is 0 Å². The Labute approximate surface area is 80.2 Å². The Morgan fingerprint density at radius 1 is 1.36 bits per heavy atom. The molecule has 0 aliphatic heterocycles. The van der Waals surface area contributed by atoms with E-state index < -0.39 is 16.3 Å². The lowest BCUT2D eigenvalue weighted by Gasteiger charge is -2.04. The van der Waals surface area contributed by atoms with Crippen LogP contribution in [0.3, 0.4) is 0 Å². The highest BCUT2D eigenvalue weighted by molar-refractivity contribution is 7.81. The summed E-state index contributed by atoms with van der Waals surface area (Å²) < 4.78 is 33.2. The molecule has 1 amide bonds. The number of benzene rings is 1. The molecule has 76 valence electrons. The Hall–Kier alpha value is -1.60. The molecule has 0 aromatic heterocycles. The Kier molecular flexibility index (Phi) is 2.73. The van der Waals surface area contributed by atoms with Crippen LogP contribution in [0.2, 0.25) is 0 Å². The van der Waals surface area contributed by atoms with Gasteiger partial charge in [-0.2, -0.15) is 8.42 Å². The lowest BCUT2D eigenvalue weighted by atomic mass is 10.2. The van der Waals surface area contributed by atoms with E-state index in [9.17, 15) is 13.2 Å². The molecule has 0 spiro atoms. The molecular formula is C7H7NO5S. The average molecular weight is 217 g/mol. The highest BCUT2D eigenvalue weighted by Crippen LogP contribution is 2.18. The first-order chi connectivity index (χ1) is 6.40. The zero-order valence-corrected chi connectivity index (χ0v) is 7.69. The van der Waals surface area contributed by atoms with Gasteiger partial charge in [0.05, 0.1) is 5.56 Å². The molecule has 14 heavy (non-hydrogen) atoms. The normalized spacial score (nSPS) is 10.9. The van der Waals surface area contributed by atoms with E-state index in [1.165, 1.54) is 24.3 Å². The molecule has 0 radical (unpaired) electrons. The fourth-order valence-corrected chi connectivity index (χ4v) is 1.23. The third-order valence-electron chi connectivity index (χ3n) is 1.35. The van der Waals surface area contributed by atoms with Crippen molar-refractivity contribution in [3.8, 4) is 5.75 Å². The predicted octanol–water partition coefficient (Wildman–Crippen LogP) is -0.0329. The number of nitrogens with two attached hydrogens (primary N) is 1. The summed E-state index contributed by atoms with van der Waals surface area (Å²) in [5.74, 6) is -1.15. The minimum atomic E-state index is -4.64. The van der Waals surface area contributed by atoms with Crippen LogP contribution in [0.5, 0.6) is 5.75 Å². The second-order valence-electron chi connectivity index (χ2n) is 2.37. The Balaban J connectivity index is 3.15. The van der Waals surface area contributed by atoms with E-state index in [4.69, 9.17) is 10.3 Å². The fourth-order valence-electron chi connectivity index (χ4n) is 0.856. The van der Waals surface area contributed by atoms with Crippen LogP contribution in [0.15, 0.2) is 24.3 Å². The summed E-state index contributed by atoms with van der Waals surface area (Å²) in [6.45, 7) is 0. The zero-order valence-electron chi connectivity index (χ0n) is 6.88. The van der Waals surface area contributed by atoms with Gasteiger partial charge in [-0.1, -0.05) is 12.1 Å². The van der Waals surface area contributed by atoms with Gasteiger partial charge in [0.25, 0.3) is 5.91 Å². The van der Waals surface area contributed by atoms with Gasteiger partial charge >= 0.3 is 10.4 Å². The van der Waals surface area contributed by atoms with Gasteiger partial charge in [0.15, 0.2) is 5.75 Å².